The Labute approximate surface area is 129 Å². The third-order valence-electron chi connectivity index (χ3n) is 3.10. The maximum absolute atomic E-state index is 5.51. The Balaban J connectivity index is 1.89. The molecule has 0 saturated heterocycles. The number of ether oxygens (including phenoxy) is 1. The first kappa shape index (κ1) is 15.1. The first-order valence-corrected chi connectivity index (χ1v) is 7.66. The first-order valence-electron chi connectivity index (χ1n) is 6.86. The molecule has 0 radical (unpaired) electrons. The predicted octanol–water partition coefficient (Wildman–Crippen LogP) is 4.45. The number of halogens is 1. The number of nitrogens with one attached hydrogen (secondary N) is 1. The van der Waals surface area contributed by atoms with Gasteiger partial charge in [-0.3, -0.25) is 0 Å². The van der Waals surface area contributed by atoms with Crippen LogP contribution in [0.2, 0.25) is 0 Å². The fourth-order valence-corrected chi connectivity index (χ4v) is 2.44. The van der Waals surface area contributed by atoms with Gasteiger partial charge in [0.25, 0.3) is 0 Å². The van der Waals surface area contributed by atoms with Gasteiger partial charge in [0, 0.05) is 17.6 Å². The zero-order valence-corrected chi connectivity index (χ0v) is 13.5. The molecule has 20 heavy (non-hydrogen) atoms. The molecule has 0 bridgehead atoms. The van der Waals surface area contributed by atoms with E-state index in [1.54, 1.807) is 0 Å². The highest BCUT2D eigenvalue weighted by Crippen LogP contribution is 2.17. The Hall–Kier alpha value is -1.32. The highest BCUT2D eigenvalue weighted by atomic mass is 79.9. The second-order valence-electron chi connectivity index (χ2n) is 4.77. The van der Waals surface area contributed by atoms with E-state index >= 15 is 0 Å². The normalized spacial score (nSPS) is 10.6. The van der Waals surface area contributed by atoms with Crippen molar-refractivity contribution in [3.8, 4) is 5.75 Å². The molecular formula is C17H20BrNO. The van der Waals surface area contributed by atoms with E-state index in [0.717, 1.165) is 23.3 Å². The zero-order chi connectivity index (χ0) is 14.4. The summed E-state index contributed by atoms with van der Waals surface area (Å²) in [7, 11) is 0. The molecule has 0 heterocycles. The van der Waals surface area contributed by atoms with Crippen LogP contribution in [-0.4, -0.2) is 6.61 Å². The molecule has 0 amide bonds. The number of hydrogen-bond donors (Lipinski definition) is 1. The van der Waals surface area contributed by atoms with E-state index in [2.05, 4.69) is 58.5 Å². The molecule has 1 N–H and O–H groups in total. The van der Waals surface area contributed by atoms with Gasteiger partial charge in [0.2, 0.25) is 0 Å². The average molecular weight is 334 g/mol. The van der Waals surface area contributed by atoms with E-state index in [0.29, 0.717) is 6.61 Å². The Bertz CT molecular complexity index is 569. The second kappa shape index (κ2) is 7.46. The topological polar surface area (TPSA) is 21.3 Å². The second-order valence-corrected chi connectivity index (χ2v) is 5.62. The average Bonchev–Trinajstić information content (AvgIpc) is 2.44. The number of aryl methyl sites for hydroxylation is 1. The molecule has 0 aliphatic carbocycles. The van der Waals surface area contributed by atoms with Crippen LogP contribution in [0, 0.1) is 6.92 Å². The summed E-state index contributed by atoms with van der Waals surface area (Å²) < 4.78 is 6.67. The quantitative estimate of drug-likeness (QED) is 0.843. The van der Waals surface area contributed by atoms with E-state index in [1.807, 2.05) is 19.1 Å². The molecule has 0 fully saturated rings. The van der Waals surface area contributed by atoms with Crippen molar-refractivity contribution < 1.29 is 4.74 Å². The molecule has 0 aliphatic rings. The van der Waals surface area contributed by atoms with Crippen LogP contribution in [0.5, 0.6) is 5.75 Å². The lowest BCUT2D eigenvalue weighted by molar-refractivity contribution is 0.340. The summed E-state index contributed by atoms with van der Waals surface area (Å²) in [4.78, 5) is 0. The highest BCUT2D eigenvalue weighted by Gasteiger charge is 1.99. The van der Waals surface area contributed by atoms with Crippen molar-refractivity contribution in [1.29, 1.82) is 0 Å². The Morgan fingerprint density at radius 2 is 1.80 bits per heavy atom. The first-order chi connectivity index (χ1) is 9.69. The van der Waals surface area contributed by atoms with E-state index in [9.17, 15) is 0 Å². The van der Waals surface area contributed by atoms with Gasteiger partial charge in [-0.05, 0) is 48.7 Å². The van der Waals surface area contributed by atoms with Gasteiger partial charge in [-0.2, -0.15) is 0 Å². The molecule has 0 spiro atoms. The van der Waals surface area contributed by atoms with Crippen LogP contribution in [0.1, 0.15) is 23.6 Å². The zero-order valence-electron chi connectivity index (χ0n) is 11.9. The van der Waals surface area contributed by atoms with E-state index < -0.39 is 0 Å². The minimum Gasteiger partial charge on any atom is -0.494 e. The number of rotatable bonds is 6. The summed E-state index contributed by atoms with van der Waals surface area (Å²) >= 11 is 3.57. The smallest absolute Gasteiger partial charge is 0.119 e. The van der Waals surface area contributed by atoms with E-state index in [1.165, 1.54) is 16.7 Å². The van der Waals surface area contributed by atoms with Crippen molar-refractivity contribution in [2.24, 2.45) is 0 Å². The minimum atomic E-state index is 0.703. The fraction of sp³-hybridized carbons (Fsp3) is 0.294. The summed E-state index contributed by atoms with van der Waals surface area (Å²) in [5.74, 6) is 0.935. The number of hydrogen-bond acceptors (Lipinski definition) is 2. The molecule has 0 saturated carbocycles. The molecule has 2 rings (SSSR count). The van der Waals surface area contributed by atoms with Crippen LogP contribution in [0.25, 0.3) is 0 Å². The summed E-state index contributed by atoms with van der Waals surface area (Å²) in [5.41, 5.74) is 3.78. The fourth-order valence-electron chi connectivity index (χ4n) is 2.01. The van der Waals surface area contributed by atoms with Gasteiger partial charge in [-0.1, -0.05) is 40.2 Å². The van der Waals surface area contributed by atoms with E-state index in [4.69, 9.17) is 4.74 Å². The molecule has 106 valence electrons. The summed E-state index contributed by atoms with van der Waals surface area (Å²) in [6, 6.07) is 14.7. The van der Waals surface area contributed by atoms with Crippen molar-refractivity contribution in [2.45, 2.75) is 26.9 Å². The molecular weight excluding hydrogens is 314 g/mol. The Morgan fingerprint density at radius 1 is 1.05 bits per heavy atom. The molecule has 0 unspecified atom stereocenters. The summed E-state index contributed by atoms with van der Waals surface area (Å²) in [6.45, 7) is 6.50. The molecule has 0 atom stereocenters. The lowest BCUT2D eigenvalue weighted by Gasteiger charge is -2.08. The Kier molecular flexibility index (Phi) is 5.62. The summed E-state index contributed by atoms with van der Waals surface area (Å²) in [6.07, 6.45) is 0. The van der Waals surface area contributed by atoms with Crippen molar-refractivity contribution in [1.82, 2.24) is 5.32 Å². The molecule has 2 nitrogen and oxygen atoms in total. The van der Waals surface area contributed by atoms with Crippen molar-refractivity contribution >= 4 is 15.9 Å². The summed E-state index contributed by atoms with van der Waals surface area (Å²) in [5, 5.41) is 3.46. The highest BCUT2D eigenvalue weighted by molar-refractivity contribution is 9.10. The largest absolute Gasteiger partial charge is 0.494 e. The molecule has 0 aromatic heterocycles. The van der Waals surface area contributed by atoms with Crippen molar-refractivity contribution in [3.63, 3.8) is 0 Å². The molecule has 3 heteroatoms. The standard InChI is InChI=1S/C17H20BrNO/c1-3-20-16-6-4-5-14(9-16)11-19-12-15-8-7-13(2)17(18)10-15/h4-10,19H,3,11-12H2,1-2H3. The van der Waals surface area contributed by atoms with Gasteiger partial charge >= 0.3 is 0 Å². The van der Waals surface area contributed by atoms with Gasteiger partial charge in [-0.15, -0.1) is 0 Å². The third-order valence-corrected chi connectivity index (χ3v) is 3.96. The molecule has 2 aromatic carbocycles. The van der Waals surface area contributed by atoms with Crippen LogP contribution >= 0.6 is 15.9 Å². The Morgan fingerprint density at radius 3 is 2.50 bits per heavy atom. The lowest BCUT2D eigenvalue weighted by Crippen LogP contribution is -2.12. The van der Waals surface area contributed by atoms with Crippen molar-refractivity contribution in [3.05, 3.63) is 63.6 Å². The van der Waals surface area contributed by atoms with Gasteiger partial charge in [0.15, 0.2) is 0 Å². The van der Waals surface area contributed by atoms with Crippen LogP contribution in [0.4, 0.5) is 0 Å². The maximum Gasteiger partial charge on any atom is 0.119 e. The van der Waals surface area contributed by atoms with Crippen molar-refractivity contribution in [2.75, 3.05) is 6.61 Å². The van der Waals surface area contributed by atoms with E-state index in [-0.39, 0.29) is 0 Å². The SMILES string of the molecule is CCOc1cccc(CNCc2ccc(C)c(Br)c2)c1. The maximum atomic E-state index is 5.51. The van der Waals surface area contributed by atoms with Gasteiger partial charge < -0.3 is 10.1 Å². The monoisotopic (exact) mass is 333 g/mol. The van der Waals surface area contributed by atoms with Crippen LogP contribution < -0.4 is 10.1 Å². The van der Waals surface area contributed by atoms with Crippen LogP contribution in [-0.2, 0) is 13.1 Å². The lowest BCUT2D eigenvalue weighted by atomic mass is 10.1. The number of benzene rings is 2. The molecule has 0 aliphatic heterocycles. The van der Waals surface area contributed by atoms with Crippen LogP contribution in [0.3, 0.4) is 0 Å². The predicted molar refractivity (Wildman–Crippen MR) is 87.0 cm³/mol. The van der Waals surface area contributed by atoms with Gasteiger partial charge in [-0.25, -0.2) is 0 Å². The van der Waals surface area contributed by atoms with Gasteiger partial charge in [0.05, 0.1) is 6.61 Å². The van der Waals surface area contributed by atoms with Gasteiger partial charge in [0.1, 0.15) is 5.75 Å². The minimum absolute atomic E-state index is 0.703. The molecule has 2 aromatic rings. The van der Waals surface area contributed by atoms with Crippen LogP contribution in [0.15, 0.2) is 46.9 Å². The third kappa shape index (κ3) is 4.36.